The minimum absolute atomic E-state index is 0.543. The van der Waals surface area contributed by atoms with Gasteiger partial charge in [0.2, 0.25) is 0 Å². The fraction of sp³-hybridized carbons (Fsp3) is 0.357. The minimum atomic E-state index is 0.543. The molecule has 3 rings (SSSR count). The average molecular weight is 212 g/mol. The van der Waals surface area contributed by atoms with Crippen LogP contribution in [0.3, 0.4) is 0 Å². The van der Waals surface area contributed by atoms with Crippen LogP contribution in [-0.4, -0.2) is 9.55 Å². The van der Waals surface area contributed by atoms with Gasteiger partial charge in [-0.05, 0) is 31.4 Å². The number of benzene rings is 1. The first kappa shape index (κ1) is 9.64. The third-order valence-corrected chi connectivity index (χ3v) is 3.39. The van der Waals surface area contributed by atoms with Gasteiger partial charge in [-0.2, -0.15) is 0 Å². The number of fused-ring (bicyclic) bond motifs is 3. The molecule has 1 aliphatic heterocycles. The molecule has 2 nitrogen and oxygen atoms in total. The van der Waals surface area contributed by atoms with Gasteiger partial charge in [-0.3, -0.25) is 0 Å². The molecular formula is C14H16N2. The number of para-hydroxylation sites is 1. The Balaban J connectivity index is 2.27. The third kappa shape index (κ3) is 1.37. The standard InChI is InChI=1S/C14H16N2/c1-10-7-8-12-5-3-4-6-13(12)16-9-11(2)15-14(10)16/h3-6,9-10H,7-8H2,1-2H3. The zero-order chi connectivity index (χ0) is 11.1. The molecule has 0 spiro atoms. The van der Waals surface area contributed by atoms with Crippen molar-refractivity contribution in [1.82, 2.24) is 9.55 Å². The fourth-order valence-corrected chi connectivity index (χ4v) is 2.52. The fourth-order valence-electron chi connectivity index (χ4n) is 2.52. The van der Waals surface area contributed by atoms with Gasteiger partial charge >= 0.3 is 0 Å². The molecule has 0 radical (unpaired) electrons. The number of hydrogen-bond donors (Lipinski definition) is 0. The summed E-state index contributed by atoms with van der Waals surface area (Å²) in [5.41, 5.74) is 3.85. The minimum Gasteiger partial charge on any atom is -0.303 e. The number of rotatable bonds is 0. The van der Waals surface area contributed by atoms with Crippen molar-refractivity contribution >= 4 is 0 Å². The number of nitrogens with zero attached hydrogens (tertiary/aromatic N) is 2. The maximum atomic E-state index is 4.65. The van der Waals surface area contributed by atoms with Crippen LogP contribution in [0, 0.1) is 6.92 Å². The molecule has 0 bridgehead atoms. The van der Waals surface area contributed by atoms with Gasteiger partial charge in [-0.25, -0.2) is 4.98 Å². The highest BCUT2D eigenvalue weighted by Crippen LogP contribution is 2.30. The van der Waals surface area contributed by atoms with E-state index in [1.165, 1.54) is 23.5 Å². The first-order chi connectivity index (χ1) is 7.75. The summed E-state index contributed by atoms with van der Waals surface area (Å²) >= 11 is 0. The van der Waals surface area contributed by atoms with Gasteiger partial charge in [-0.1, -0.05) is 25.1 Å². The Morgan fingerprint density at radius 2 is 2.12 bits per heavy atom. The lowest BCUT2D eigenvalue weighted by molar-refractivity contribution is 0.647. The maximum absolute atomic E-state index is 4.65. The average Bonchev–Trinajstić information content (AvgIpc) is 2.63. The van der Waals surface area contributed by atoms with E-state index in [1.807, 2.05) is 0 Å². The number of aryl methyl sites for hydroxylation is 2. The van der Waals surface area contributed by atoms with Crippen molar-refractivity contribution in [3.05, 3.63) is 47.5 Å². The van der Waals surface area contributed by atoms with Crippen molar-refractivity contribution in [1.29, 1.82) is 0 Å². The van der Waals surface area contributed by atoms with Gasteiger partial charge in [0.25, 0.3) is 0 Å². The molecule has 1 aromatic heterocycles. The van der Waals surface area contributed by atoms with Crippen molar-refractivity contribution in [3.63, 3.8) is 0 Å². The Morgan fingerprint density at radius 1 is 1.31 bits per heavy atom. The SMILES string of the molecule is Cc1cn2c(n1)C(C)CCc1ccccc1-2. The highest BCUT2D eigenvalue weighted by molar-refractivity contribution is 5.44. The lowest BCUT2D eigenvalue weighted by Crippen LogP contribution is -2.01. The second-order valence-electron chi connectivity index (χ2n) is 4.68. The van der Waals surface area contributed by atoms with Gasteiger partial charge in [0.05, 0.1) is 5.69 Å². The molecular weight excluding hydrogens is 196 g/mol. The Hall–Kier alpha value is -1.57. The van der Waals surface area contributed by atoms with Crippen LogP contribution in [0.25, 0.3) is 5.69 Å². The molecule has 1 aromatic carbocycles. The van der Waals surface area contributed by atoms with Crippen molar-refractivity contribution in [3.8, 4) is 5.69 Å². The van der Waals surface area contributed by atoms with E-state index < -0.39 is 0 Å². The van der Waals surface area contributed by atoms with Crippen LogP contribution in [0.2, 0.25) is 0 Å². The summed E-state index contributed by atoms with van der Waals surface area (Å²) in [6, 6.07) is 8.65. The van der Waals surface area contributed by atoms with Gasteiger partial charge in [0.1, 0.15) is 5.82 Å². The summed E-state index contributed by atoms with van der Waals surface area (Å²) in [6.45, 7) is 4.33. The number of aromatic nitrogens is 2. The maximum Gasteiger partial charge on any atom is 0.116 e. The van der Waals surface area contributed by atoms with E-state index >= 15 is 0 Å². The van der Waals surface area contributed by atoms with E-state index in [9.17, 15) is 0 Å². The van der Waals surface area contributed by atoms with Gasteiger partial charge < -0.3 is 4.57 Å². The van der Waals surface area contributed by atoms with E-state index in [0.717, 1.165) is 12.1 Å². The zero-order valence-corrected chi connectivity index (χ0v) is 9.77. The Labute approximate surface area is 95.9 Å². The normalized spacial score (nSPS) is 18.8. The first-order valence-corrected chi connectivity index (χ1v) is 5.90. The second-order valence-corrected chi connectivity index (χ2v) is 4.68. The Bertz CT molecular complexity index is 525. The van der Waals surface area contributed by atoms with Crippen LogP contribution in [0.1, 0.15) is 36.3 Å². The van der Waals surface area contributed by atoms with Crippen LogP contribution in [0.5, 0.6) is 0 Å². The van der Waals surface area contributed by atoms with Gasteiger partial charge in [0.15, 0.2) is 0 Å². The Morgan fingerprint density at radius 3 is 3.00 bits per heavy atom. The van der Waals surface area contributed by atoms with Crippen LogP contribution >= 0.6 is 0 Å². The molecule has 0 N–H and O–H groups in total. The molecule has 2 heteroatoms. The monoisotopic (exact) mass is 212 g/mol. The molecule has 1 unspecified atom stereocenters. The van der Waals surface area contributed by atoms with Gasteiger partial charge in [0, 0.05) is 17.8 Å². The van der Waals surface area contributed by atoms with Crippen LogP contribution in [0.4, 0.5) is 0 Å². The van der Waals surface area contributed by atoms with E-state index in [4.69, 9.17) is 0 Å². The molecule has 1 atom stereocenters. The molecule has 2 heterocycles. The van der Waals surface area contributed by atoms with E-state index in [2.05, 4.69) is 53.9 Å². The highest BCUT2D eigenvalue weighted by atomic mass is 15.1. The van der Waals surface area contributed by atoms with Crippen LogP contribution < -0.4 is 0 Å². The lowest BCUT2D eigenvalue weighted by atomic mass is 10.0. The molecule has 2 aromatic rings. The molecule has 0 saturated carbocycles. The molecule has 0 fully saturated rings. The predicted octanol–water partition coefficient (Wildman–Crippen LogP) is 3.23. The topological polar surface area (TPSA) is 17.8 Å². The predicted molar refractivity (Wildman–Crippen MR) is 65.0 cm³/mol. The second kappa shape index (κ2) is 3.48. The summed E-state index contributed by atoms with van der Waals surface area (Å²) < 4.78 is 2.27. The summed E-state index contributed by atoms with van der Waals surface area (Å²) in [5.74, 6) is 1.75. The summed E-state index contributed by atoms with van der Waals surface area (Å²) in [6.07, 6.45) is 4.49. The quantitative estimate of drug-likeness (QED) is 0.655. The van der Waals surface area contributed by atoms with Crippen molar-refractivity contribution in [2.75, 3.05) is 0 Å². The van der Waals surface area contributed by atoms with E-state index in [1.54, 1.807) is 0 Å². The lowest BCUT2D eigenvalue weighted by Gasteiger charge is -2.09. The Kier molecular flexibility index (Phi) is 2.10. The summed E-state index contributed by atoms with van der Waals surface area (Å²) in [7, 11) is 0. The molecule has 0 saturated heterocycles. The summed E-state index contributed by atoms with van der Waals surface area (Å²) in [5, 5.41) is 0. The largest absolute Gasteiger partial charge is 0.303 e. The molecule has 82 valence electrons. The highest BCUT2D eigenvalue weighted by Gasteiger charge is 2.20. The smallest absolute Gasteiger partial charge is 0.116 e. The molecule has 16 heavy (non-hydrogen) atoms. The zero-order valence-electron chi connectivity index (χ0n) is 9.77. The summed E-state index contributed by atoms with van der Waals surface area (Å²) in [4.78, 5) is 4.65. The number of imidazole rings is 1. The van der Waals surface area contributed by atoms with Crippen molar-refractivity contribution in [2.45, 2.75) is 32.6 Å². The molecule has 0 aliphatic carbocycles. The first-order valence-electron chi connectivity index (χ1n) is 5.90. The van der Waals surface area contributed by atoms with Crippen molar-refractivity contribution < 1.29 is 0 Å². The van der Waals surface area contributed by atoms with Gasteiger partial charge in [-0.15, -0.1) is 0 Å². The third-order valence-electron chi connectivity index (χ3n) is 3.39. The van der Waals surface area contributed by atoms with Crippen molar-refractivity contribution in [2.24, 2.45) is 0 Å². The van der Waals surface area contributed by atoms with E-state index in [0.29, 0.717) is 5.92 Å². The van der Waals surface area contributed by atoms with E-state index in [-0.39, 0.29) is 0 Å². The van der Waals surface area contributed by atoms with Crippen LogP contribution in [-0.2, 0) is 6.42 Å². The van der Waals surface area contributed by atoms with Crippen LogP contribution in [0.15, 0.2) is 30.5 Å². The number of hydrogen-bond acceptors (Lipinski definition) is 1. The molecule has 1 aliphatic rings. The molecule has 0 amide bonds.